The minimum absolute atomic E-state index is 0.0418. The van der Waals surface area contributed by atoms with E-state index in [9.17, 15) is 26.4 Å². The standard InChI is InChI=1S/C20H20ClF3N2O4S/c1-30-15-5-7-16(8-6-15)31(28,29)26-10-2-3-13(12-26)19(27)25-18-11-14(20(22,23)24)4-9-17(18)21/h4-9,11,13H,2-3,10,12H2,1H3,(H,25,27)/t13-/m0/s1. The molecule has 0 bridgehead atoms. The highest BCUT2D eigenvalue weighted by Crippen LogP contribution is 2.34. The number of rotatable bonds is 5. The molecule has 0 unspecified atom stereocenters. The molecule has 1 saturated heterocycles. The van der Waals surface area contributed by atoms with Gasteiger partial charge in [-0.15, -0.1) is 0 Å². The number of hydrogen-bond acceptors (Lipinski definition) is 4. The largest absolute Gasteiger partial charge is 0.497 e. The summed E-state index contributed by atoms with van der Waals surface area (Å²) in [6.07, 6.45) is -3.75. The molecule has 0 aliphatic carbocycles. The predicted molar refractivity (Wildman–Crippen MR) is 110 cm³/mol. The number of methoxy groups -OCH3 is 1. The van der Waals surface area contributed by atoms with Crippen LogP contribution < -0.4 is 10.1 Å². The Labute approximate surface area is 183 Å². The number of nitrogens with one attached hydrogen (secondary N) is 1. The summed E-state index contributed by atoms with van der Waals surface area (Å²) in [7, 11) is -2.37. The summed E-state index contributed by atoms with van der Waals surface area (Å²) in [5.74, 6) is -0.809. The van der Waals surface area contributed by atoms with Crippen molar-refractivity contribution in [2.75, 3.05) is 25.5 Å². The average Bonchev–Trinajstić information content (AvgIpc) is 2.74. The second-order valence-corrected chi connectivity index (χ2v) is 9.40. The van der Waals surface area contributed by atoms with Gasteiger partial charge in [0.15, 0.2) is 0 Å². The number of carbonyl (C=O) groups excluding carboxylic acids is 1. The summed E-state index contributed by atoms with van der Waals surface area (Å²) < 4.78 is 70.9. The topological polar surface area (TPSA) is 75.7 Å². The Morgan fingerprint density at radius 1 is 1.19 bits per heavy atom. The van der Waals surface area contributed by atoms with Crippen LogP contribution in [0.15, 0.2) is 47.4 Å². The number of nitrogens with zero attached hydrogens (tertiary/aromatic N) is 1. The van der Waals surface area contributed by atoms with Crippen LogP contribution in [0.3, 0.4) is 0 Å². The zero-order chi connectivity index (χ0) is 22.8. The first kappa shape index (κ1) is 23.4. The van der Waals surface area contributed by atoms with E-state index in [0.29, 0.717) is 18.6 Å². The van der Waals surface area contributed by atoms with Gasteiger partial charge >= 0.3 is 6.18 Å². The van der Waals surface area contributed by atoms with Gasteiger partial charge in [0.05, 0.1) is 34.2 Å². The summed E-state index contributed by atoms with van der Waals surface area (Å²) >= 11 is 5.94. The molecule has 1 aliphatic heterocycles. The van der Waals surface area contributed by atoms with E-state index in [2.05, 4.69) is 5.32 Å². The van der Waals surface area contributed by atoms with Gasteiger partial charge < -0.3 is 10.1 Å². The molecule has 1 heterocycles. The summed E-state index contributed by atoms with van der Waals surface area (Å²) in [5, 5.41) is 2.37. The Bertz CT molecular complexity index is 1060. The molecule has 6 nitrogen and oxygen atoms in total. The highest BCUT2D eigenvalue weighted by Gasteiger charge is 2.34. The lowest BCUT2D eigenvalue weighted by molar-refractivity contribution is -0.137. The molecule has 1 aliphatic rings. The third-order valence-electron chi connectivity index (χ3n) is 5.00. The summed E-state index contributed by atoms with van der Waals surface area (Å²) in [6, 6.07) is 8.52. The van der Waals surface area contributed by atoms with Crippen LogP contribution >= 0.6 is 11.6 Å². The fourth-order valence-electron chi connectivity index (χ4n) is 3.30. The summed E-state index contributed by atoms with van der Waals surface area (Å²) in [4.78, 5) is 12.7. The van der Waals surface area contributed by atoms with E-state index in [4.69, 9.17) is 16.3 Å². The average molecular weight is 477 g/mol. The van der Waals surface area contributed by atoms with Gasteiger partial charge in [0.25, 0.3) is 0 Å². The molecular formula is C20H20ClF3N2O4S. The molecule has 168 valence electrons. The van der Waals surface area contributed by atoms with Gasteiger partial charge in [0.1, 0.15) is 5.75 Å². The van der Waals surface area contributed by atoms with E-state index >= 15 is 0 Å². The molecule has 0 spiro atoms. The number of sulfonamides is 1. The molecule has 1 fully saturated rings. The maximum Gasteiger partial charge on any atom is 0.416 e. The molecule has 2 aromatic carbocycles. The number of benzene rings is 2. The van der Waals surface area contributed by atoms with Crippen LogP contribution in [0.1, 0.15) is 18.4 Å². The minimum atomic E-state index is -4.59. The summed E-state index contributed by atoms with van der Waals surface area (Å²) in [5.41, 5.74) is -1.11. The van der Waals surface area contributed by atoms with Crippen molar-refractivity contribution in [2.24, 2.45) is 5.92 Å². The Kier molecular flexibility index (Phi) is 6.82. The molecule has 11 heteroatoms. The SMILES string of the molecule is COc1ccc(S(=O)(=O)N2CCC[C@H](C(=O)Nc3cc(C(F)(F)F)ccc3Cl)C2)cc1. The number of hydrogen-bond donors (Lipinski definition) is 1. The van der Waals surface area contributed by atoms with Gasteiger partial charge in [-0.2, -0.15) is 17.5 Å². The highest BCUT2D eigenvalue weighted by atomic mass is 35.5. The third-order valence-corrected chi connectivity index (χ3v) is 7.21. The van der Waals surface area contributed by atoms with E-state index in [1.54, 1.807) is 0 Å². The lowest BCUT2D eigenvalue weighted by atomic mass is 9.98. The fourth-order valence-corrected chi connectivity index (χ4v) is 4.99. The van der Waals surface area contributed by atoms with Crippen molar-refractivity contribution >= 4 is 33.2 Å². The van der Waals surface area contributed by atoms with E-state index in [0.717, 1.165) is 18.2 Å². The van der Waals surface area contributed by atoms with Crippen molar-refractivity contribution in [3.63, 3.8) is 0 Å². The minimum Gasteiger partial charge on any atom is -0.497 e. The molecule has 0 radical (unpaired) electrons. The molecule has 2 aromatic rings. The fraction of sp³-hybridized carbons (Fsp3) is 0.350. The lowest BCUT2D eigenvalue weighted by Gasteiger charge is -2.31. The van der Waals surface area contributed by atoms with Gasteiger partial charge in [-0.1, -0.05) is 11.6 Å². The molecule has 0 aromatic heterocycles. The van der Waals surface area contributed by atoms with Crippen LogP contribution in [0.5, 0.6) is 5.75 Å². The van der Waals surface area contributed by atoms with Crippen molar-refractivity contribution in [3.8, 4) is 5.75 Å². The van der Waals surface area contributed by atoms with Crippen molar-refractivity contribution in [2.45, 2.75) is 23.9 Å². The first-order valence-corrected chi connectivity index (χ1v) is 11.2. The second kappa shape index (κ2) is 9.05. The third kappa shape index (κ3) is 5.31. The maximum atomic E-state index is 12.9. The Morgan fingerprint density at radius 3 is 2.48 bits per heavy atom. The molecular weight excluding hydrogens is 457 g/mol. The van der Waals surface area contributed by atoms with Gasteiger partial charge in [-0.25, -0.2) is 8.42 Å². The van der Waals surface area contributed by atoms with Crippen molar-refractivity contribution in [1.82, 2.24) is 4.31 Å². The van der Waals surface area contributed by atoms with Crippen molar-refractivity contribution in [3.05, 3.63) is 53.1 Å². The quantitative estimate of drug-likeness (QED) is 0.693. The van der Waals surface area contributed by atoms with Gasteiger partial charge in [-0.3, -0.25) is 4.79 Å². The zero-order valence-electron chi connectivity index (χ0n) is 16.4. The molecule has 0 saturated carbocycles. The Balaban J connectivity index is 1.75. The van der Waals surface area contributed by atoms with E-state index in [-0.39, 0.29) is 28.7 Å². The van der Waals surface area contributed by atoms with Gasteiger partial charge in [-0.05, 0) is 55.3 Å². The number of amides is 1. The van der Waals surface area contributed by atoms with Crippen LogP contribution in [0.2, 0.25) is 5.02 Å². The number of carbonyl (C=O) groups is 1. The molecule has 3 rings (SSSR count). The maximum absolute atomic E-state index is 12.9. The summed E-state index contributed by atoms with van der Waals surface area (Å²) in [6.45, 7) is 0.152. The molecule has 1 amide bonds. The second-order valence-electron chi connectivity index (χ2n) is 7.06. The normalized spacial score (nSPS) is 17.9. The van der Waals surface area contributed by atoms with Gasteiger partial charge in [0.2, 0.25) is 15.9 Å². The first-order valence-electron chi connectivity index (χ1n) is 9.34. The predicted octanol–water partition coefficient (Wildman–Crippen LogP) is 4.41. The van der Waals surface area contributed by atoms with Crippen LogP contribution in [-0.4, -0.2) is 38.8 Å². The van der Waals surface area contributed by atoms with Crippen LogP contribution in [0.25, 0.3) is 0 Å². The number of halogens is 4. The van der Waals surface area contributed by atoms with Crippen molar-refractivity contribution in [1.29, 1.82) is 0 Å². The smallest absolute Gasteiger partial charge is 0.416 e. The Hall–Kier alpha value is -2.30. The zero-order valence-corrected chi connectivity index (χ0v) is 18.0. The lowest BCUT2D eigenvalue weighted by Crippen LogP contribution is -2.43. The van der Waals surface area contributed by atoms with E-state index in [1.165, 1.54) is 35.7 Å². The van der Waals surface area contributed by atoms with E-state index < -0.39 is 33.6 Å². The van der Waals surface area contributed by atoms with Crippen LogP contribution in [-0.2, 0) is 21.0 Å². The highest BCUT2D eigenvalue weighted by molar-refractivity contribution is 7.89. The molecule has 31 heavy (non-hydrogen) atoms. The molecule has 1 N–H and O–H groups in total. The van der Waals surface area contributed by atoms with Crippen molar-refractivity contribution < 1.29 is 31.1 Å². The Morgan fingerprint density at radius 2 is 1.87 bits per heavy atom. The molecule has 1 atom stereocenters. The van der Waals surface area contributed by atoms with Crippen LogP contribution in [0, 0.1) is 5.92 Å². The number of anilines is 1. The number of alkyl halides is 3. The monoisotopic (exact) mass is 476 g/mol. The van der Waals surface area contributed by atoms with Crippen LogP contribution in [0.4, 0.5) is 18.9 Å². The number of piperidine rings is 1. The van der Waals surface area contributed by atoms with Gasteiger partial charge in [0, 0.05) is 13.1 Å². The number of ether oxygens (including phenoxy) is 1. The van der Waals surface area contributed by atoms with E-state index in [1.807, 2.05) is 0 Å². The first-order chi connectivity index (χ1) is 14.5.